The lowest BCUT2D eigenvalue weighted by atomic mass is 10.1. The molecule has 1 rings (SSSR count). The molecule has 0 aromatic carbocycles. The predicted octanol–water partition coefficient (Wildman–Crippen LogP) is -3.51. The Morgan fingerprint density at radius 3 is 1.94 bits per heavy atom. The van der Waals surface area contributed by atoms with Crippen molar-refractivity contribution in [3.8, 4) is 0 Å². The molecule has 4 atom stereocenters. The van der Waals surface area contributed by atoms with E-state index >= 15 is 0 Å². The summed E-state index contributed by atoms with van der Waals surface area (Å²) in [6.45, 7) is 0.589. The van der Waals surface area contributed by atoms with Gasteiger partial charge in [-0.05, 0) is 25.8 Å². The van der Waals surface area contributed by atoms with E-state index in [1.165, 1.54) is 0 Å². The van der Waals surface area contributed by atoms with Gasteiger partial charge in [0.05, 0.1) is 18.9 Å². The van der Waals surface area contributed by atoms with E-state index in [4.69, 9.17) is 21.1 Å². The number of amides is 4. The van der Waals surface area contributed by atoms with Gasteiger partial charge in [-0.3, -0.25) is 28.8 Å². The van der Waals surface area contributed by atoms with Crippen LogP contribution in [-0.4, -0.2) is 87.6 Å². The number of rotatable bonds is 14. The maximum Gasteiger partial charge on any atom is 0.326 e. The molecule has 1 aliphatic rings. The molecule has 0 aromatic rings. The average molecular weight is 473 g/mol. The first kappa shape index (κ1) is 27.3. The minimum Gasteiger partial charge on any atom is -0.481 e. The first-order valence-corrected chi connectivity index (χ1v) is 9.99. The van der Waals surface area contributed by atoms with Crippen molar-refractivity contribution < 1.29 is 48.9 Å². The Labute approximate surface area is 187 Å². The van der Waals surface area contributed by atoms with Gasteiger partial charge < -0.3 is 42.3 Å². The van der Waals surface area contributed by atoms with Gasteiger partial charge in [0.2, 0.25) is 23.6 Å². The van der Waals surface area contributed by atoms with E-state index in [9.17, 15) is 33.6 Å². The fourth-order valence-electron chi connectivity index (χ4n) is 3.05. The quantitative estimate of drug-likeness (QED) is 0.123. The van der Waals surface area contributed by atoms with Crippen LogP contribution in [-0.2, 0) is 33.6 Å². The number of carboxylic acid groups (broad SMARTS) is 3. The molecule has 15 nitrogen and oxygen atoms in total. The van der Waals surface area contributed by atoms with E-state index in [2.05, 4.69) is 16.0 Å². The fraction of sp³-hybridized carbons (Fsp3) is 0.611. The summed E-state index contributed by atoms with van der Waals surface area (Å²) in [7, 11) is 0. The topological polar surface area (TPSA) is 254 Å². The average Bonchev–Trinajstić information content (AvgIpc) is 3.23. The molecule has 184 valence electrons. The van der Waals surface area contributed by atoms with Crippen LogP contribution in [0.25, 0.3) is 0 Å². The highest BCUT2D eigenvalue weighted by Gasteiger charge is 2.33. The molecule has 15 heteroatoms. The van der Waals surface area contributed by atoms with Gasteiger partial charge in [0.25, 0.3) is 0 Å². The minimum atomic E-state index is -1.85. The van der Waals surface area contributed by atoms with Crippen molar-refractivity contribution in [3.05, 3.63) is 0 Å². The number of nitrogens with two attached hydrogens (primary N) is 1. The summed E-state index contributed by atoms with van der Waals surface area (Å²) in [4.78, 5) is 81.8. The van der Waals surface area contributed by atoms with Gasteiger partial charge in [0, 0.05) is 6.42 Å². The molecule has 1 aliphatic heterocycles. The molecule has 0 saturated carbocycles. The number of carboxylic acids is 3. The zero-order chi connectivity index (χ0) is 25.1. The number of hydrogen-bond donors (Lipinski definition) is 8. The van der Waals surface area contributed by atoms with Crippen LogP contribution >= 0.6 is 0 Å². The molecule has 33 heavy (non-hydrogen) atoms. The van der Waals surface area contributed by atoms with Crippen LogP contribution in [0.3, 0.4) is 0 Å². The number of nitrogens with one attached hydrogen (secondary N) is 4. The third-order valence-electron chi connectivity index (χ3n) is 4.69. The normalized spacial score (nSPS) is 17.8. The van der Waals surface area contributed by atoms with Gasteiger partial charge in [-0.1, -0.05) is 0 Å². The Hall–Kier alpha value is -3.75. The molecule has 4 amide bonds. The second kappa shape index (κ2) is 12.9. The third-order valence-corrected chi connectivity index (χ3v) is 4.69. The molecule has 0 bridgehead atoms. The largest absolute Gasteiger partial charge is 0.481 e. The molecular weight excluding hydrogens is 446 g/mol. The Morgan fingerprint density at radius 1 is 0.848 bits per heavy atom. The molecule has 1 saturated heterocycles. The molecule has 0 radical (unpaired) electrons. The minimum absolute atomic E-state index is 0.332. The molecule has 0 spiro atoms. The molecule has 0 aliphatic carbocycles. The van der Waals surface area contributed by atoms with Crippen molar-refractivity contribution in [3.63, 3.8) is 0 Å². The van der Waals surface area contributed by atoms with Gasteiger partial charge in [-0.2, -0.15) is 0 Å². The summed E-state index contributed by atoms with van der Waals surface area (Å²) in [6.07, 6.45) is -1.33. The van der Waals surface area contributed by atoms with Crippen molar-refractivity contribution in [1.29, 1.82) is 0 Å². The lowest BCUT2D eigenvalue weighted by Gasteiger charge is -2.24. The number of carbonyl (C=O) groups excluding carboxylic acids is 4. The van der Waals surface area contributed by atoms with Gasteiger partial charge in [-0.25, -0.2) is 4.79 Å². The highest BCUT2D eigenvalue weighted by Crippen LogP contribution is 2.07. The van der Waals surface area contributed by atoms with Crippen LogP contribution in [0.5, 0.6) is 0 Å². The van der Waals surface area contributed by atoms with E-state index in [-0.39, 0.29) is 6.42 Å². The highest BCUT2D eigenvalue weighted by atomic mass is 16.4. The van der Waals surface area contributed by atoms with E-state index < -0.39 is 85.0 Å². The first-order chi connectivity index (χ1) is 15.4. The summed E-state index contributed by atoms with van der Waals surface area (Å²) < 4.78 is 0. The van der Waals surface area contributed by atoms with Gasteiger partial charge >= 0.3 is 17.9 Å². The van der Waals surface area contributed by atoms with Crippen LogP contribution in [0.1, 0.15) is 38.5 Å². The molecule has 4 unspecified atom stereocenters. The molecule has 1 fully saturated rings. The smallest absolute Gasteiger partial charge is 0.326 e. The van der Waals surface area contributed by atoms with E-state index in [1.807, 2.05) is 5.32 Å². The number of carbonyl (C=O) groups is 7. The Morgan fingerprint density at radius 2 is 1.45 bits per heavy atom. The summed E-state index contributed by atoms with van der Waals surface area (Å²) >= 11 is 0. The molecular formula is C18H27N5O10. The van der Waals surface area contributed by atoms with Crippen LogP contribution in [0.4, 0.5) is 0 Å². The predicted molar refractivity (Wildman–Crippen MR) is 107 cm³/mol. The summed E-state index contributed by atoms with van der Waals surface area (Å²) in [5.41, 5.74) is 5.08. The maximum absolute atomic E-state index is 12.7. The maximum atomic E-state index is 12.7. The van der Waals surface area contributed by atoms with E-state index in [1.54, 1.807) is 0 Å². The van der Waals surface area contributed by atoms with Gasteiger partial charge in [0.1, 0.15) is 18.1 Å². The Balaban J connectivity index is 2.96. The van der Waals surface area contributed by atoms with Crippen molar-refractivity contribution in [2.45, 2.75) is 62.7 Å². The molecule has 0 aromatic heterocycles. The lowest BCUT2D eigenvalue weighted by Crippen LogP contribution is -2.57. The second-order valence-electron chi connectivity index (χ2n) is 7.37. The molecule has 9 N–H and O–H groups in total. The van der Waals surface area contributed by atoms with Crippen LogP contribution in [0, 0.1) is 0 Å². The van der Waals surface area contributed by atoms with E-state index in [0.29, 0.717) is 13.0 Å². The second-order valence-corrected chi connectivity index (χ2v) is 7.37. The standard InChI is InChI=1S/C18H27N5O10/c19-12(24)6-10(17(31)23-11(18(32)33)7-14(27)28)22-16(30)9(3-4-13(25)26)21-15(29)8-2-1-5-20-8/h8-11,20H,1-7H2,(H2,19,24)(H,21,29)(H,22,30)(H,23,31)(H,25,26)(H,27,28)(H,32,33). The van der Waals surface area contributed by atoms with Crippen molar-refractivity contribution in [2.75, 3.05) is 6.54 Å². The SMILES string of the molecule is NC(=O)CC(NC(=O)C(CCC(=O)O)NC(=O)C1CCCN1)C(=O)NC(CC(=O)O)C(=O)O. The fourth-order valence-corrected chi connectivity index (χ4v) is 3.05. The monoisotopic (exact) mass is 473 g/mol. The first-order valence-electron chi connectivity index (χ1n) is 9.99. The number of hydrogen-bond acceptors (Lipinski definition) is 8. The van der Waals surface area contributed by atoms with Crippen LogP contribution in [0.15, 0.2) is 0 Å². The third kappa shape index (κ3) is 9.94. The Bertz CT molecular complexity index is 795. The highest BCUT2D eigenvalue weighted by molar-refractivity contribution is 5.96. The van der Waals surface area contributed by atoms with Crippen molar-refractivity contribution in [2.24, 2.45) is 5.73 Å². The van der Waals surface area contributed by atoms with Crippen LogP contribution < -0.4 is 27.0 Å². The Kier molecular flexibility index (Phi) is 10.7. The summed E-state index contributed by atoms with van der Waals surface area (Å²) in [6, 6.07) is -5.51. The van der Waals surface area contributed by atoms with Crippen molar-refractivity contribution >= 4 is 41.5 Å². The zero-order valence-corrected chi connectivity index (χ0v) is 17.5. The zero-order valence-electron chi connectivity index (χ0n) is 17.5. The van der Waals surface area contributed by atoms with E-state index in [0.717, 1.165) is 6.42 Å². The summed E-state index contributed by atoms with van der Waals surface area (Å²) in [5, 5.41) is 36.1. The number of primary amides is 1. The lowest BCUT2D eigenvalue weighted by molar-refractivity contribution is -0.147. The van der Waals surface area contributed by atoms with Gasteiger partial charge in [0.15, 0.2) is 0 Å². The van der Waals surface area contributed by atoms with Crippen LogP contribution in [0.2, 0.25) is 0 Å². The van der Waals surface area contributed by atoms with Crippen molar-refractivity contribution in [1.82, 2.24) is 21.3 Å². The molecule has 1 heterocycles. The summed E-state index contributed by atoms with van der Waals surface area (Å²) in [5.74, 6) is -8.22. The van der Waals surface area contributed by atoms with Gasteiger partial charge in [-0.15, -0.1) is 0 Å². The number of aliphatic carboxylic acids is 3.